The molecule has 1 saturated carbocycles. The lowest BCUT2D eigenvalue weighted by atomic mass is 9.87. The van der Waals surface area contributed by atoms with Crippen LogP contribution in [0.15, 0.2) is 18.2 Å². The van der Waals surface area contributed by atoms with Gasteiger partial charge in [0.25, 0.3) is 5.91 Å². The molecule has 0 saturated heterocycles. The smallest absolute Gasteiger partial charge is 0.271 e. The van der Waals surface area contributed by atoms with Gasteiger partial charge in [0.1, 0.15) is 5.69 Å². The summed E-state index contributed by atoms with van der Waals surface area (Å²) in [5.41, 5.74) is 2.14. The van der Waals surface area contributed by atoms with Crippen molar-refractivity contribution in [1.82, 2.24) is 20.1 Å². The second-order valence-corrected chi connectivity index (χ2v) is 7.18. The molecule has 2 heterocycles. The second kappa shape index (κ2) is 6.93. The quantitative estimate of drug-likeness (QED) is 0.918. The largest absolute Gasteiger partial charge is 0.348 e. The normalized spacial score (nSPS) is 20.8. The third kappa shape index (κ3) is 3.61. The first kappa shape index (κ1) is 17.0. The van der Waals surface area contributed by atoms with Gasteiger partial charge in [-0.25, -0.2) is 9.67 Å². The van der Waals surface area contributed by atoms with Crippen LogP contribution < -0.4 is 5.32 Å². The van der Waals surface area contributed by atoms with Crippen LogP contribution in [0.5, 0.6) is 0 Å². The molecule has 1 amide bonds. The third-order valence-corrected chi connectivity index (χ3v) is 4.93. The van der Waals surface area contributed by atoms with E-state index in [1.165, 1.54) is 0 Å². The molecule has 0 aliphatic heterocycles. The molecule has 0 atom stereocenters. The Balaban J connectivity index is 1.81. The summed E-state index contributed by atoms with van der Waals surface area (Å²) in [7, 11) is 0. The number of hydrogen-bond acceptors (Lipinski definition) is 3. The number of nitrogens with zero attached hydrogens (tertiary/aromatic N) is 3. The molecule has 1 N–H and O–H groups in total. The number of carbonyl (C=O) groups excluding carboxylic acids is 1. The van der Waals surface area contributed by atoms with Crippen LogP contribution in [0.1, 0.15) is 54.5 Å². The Morgan fingerprint density at radius 2 is 1.96 bits per heavy atom. The maximum Gasteiger partial charge on any atom is 0.271 e. The molecule has 0 radical (unpaired) electrons. The van der Waals surface area contributed by atoms with Crippen LogP contribution >= 0.6 is 11.6 Å². The van der Waals surface area contributed by atoms with Crippen LogP contribution in [0, 0.1) is 19.8 Å². The van der Waals surface area contributed by atoms with Crippen LogP contribution in [0.2, 0.25) is 5.02 Å². The molecule has 24 heavy (non-hydrogen) atoms. The highest BCUT2D eigenvalue weighted by atomic mass is 35.5. The number of hydrogen-bond donors (Lipinski definition) is 1. The molecule has 1 fully saturated rings. The molecule has 0 unspecified atom stereocenters. The van der Waals surface area contributed by atoms with Crippen molar-refractivity contribution < 1.29 is 4.79 Å². The molecule has 0 aromatic carbocycles. The van der Waals surface area contributed by atoms with Gasteiger partial charge in [0.15, 0.2) is 5.82 Å². The van der Waals surface area contributed by atoms with Crippen molar-refractivity contribution in [2.45, 2.75) is 52.5 Å². The number of halogens is 1. The van der Waals surface area contributed by atoms with Gasteiger partial charge in [0.2, 0.25) is 0 Å². The van der Waals surface area contributed by atoms with Gasteiger partial charge in [-0.15, -0.1) is 0 Å². The van der Waals surface area contributed by atoms with Crippen LogP contribution in [0.4, 0.5) is 0 Å². The fourth-order valence-electron chi connectivity index (χ4n) is 3.23. The third-order valence-electron chi connectivity index (χ3n) is 4.62. The van der Waals surface area contributed by atoms with E-state index in [4.69, 9.17) is 11.6 Å². The summed E-state index contributed by atoms with van der Waals surface area (Å²) < 4.78 is 1.73. The van der Waals surface area contributed by atoms with Crippen LogP contribution in [-0.2, 0) is 0 Å². The van der Waals surface area contributed by atoms with Gasteiger partial charge in [0, 0.05) is 11.7 Å². The zero-order valence-corrected chi connectivity index (χ0v) is 15.1. The Morgan fingerprint density at radius 3 is 2.58 bits per heavy atom. The van der Waals surface area contributed by atoms with E-state index in [-0.39, 0.29) is 17.6 Å². The lowest BCUT2D eigenvalue weighted by Crippen LogP contribution is -2.38. The predicted molar refractivity (Wildman–Crippen MR) is 94.7 cm³/mol. The van der Waals surface area contributed by atoms with Gasteiger partial charge in [-0.3, -0.25) is 4.79 Å². The number of aryl methyl sites for hydroxylation is 2. The first-order valence-electron chi connectivity index (χ1n) is 8.45. The molecule has 3 rings (SSSR count). The molecule has 0 bridgehead atoms. The minimum Gasteiger partial charge on any atom is -0.348 e. The molecule has 2 aromatic heterocycles. The number of pyridine rings is 1. The number of amides is 1. The van der Waals surface area contributed by atoms with Crippen molar-refractivity contribution in [1.29, 1.82) is 0 Å². The first-order valence-corrected chi connectivity index (χ1v) is 8.83. The molecule has 1 aliphatic rings. The standard InChI is InChI=1S/C18H23ClN4O/c1-11-4-6-14(7-5-11)20-18(24)17-15(19)8-9-16(21-17)23-13(3)10-12(2)22-23/h8-11,14H,4-7H2,1-3H3,(H,20,24). The lowest BCUT2D eigenvalue weighted by molar-refractivity contribution is 0.0918. The fraction of sp³-hybridized carbons (Fsp3) is 0.500. The van der Waals surface area contributed by atoms with Gasteiger partial charge in [-0.1, -0.05) is 18.5 Å². The van der Waals surface area contributed by atoms with Crippen LogP contribution in [0.3, 0.4) is 0 Å². The van der Waals surface area contributed by atoms with E-state index in [9.17, 15) is 4.79 Å². The van der Waals surface area contributed by atoms with Crippen molar-refractivity contribution in [2.24, 2.45) is 5.92 Å². The Bertz CT molecular complexity index is 747. The predicted octanol–water partition coefficient (Wildman–Crippen LogP) is 3.85. The van der Waals surface area contributed by atoms with Crippen molar-refractivity contribution in [3.8, 4) is 5.82 Å². The van der Waals surface area contributed by atoms with E-state index >= 15 is 0 Å². The van der Waals surface area contributed by atoms with Crippen molar-refractivity contribution in [3.63, 3.8) is 0 Å². The molecule has 128 valence electrons. The Kier molecular flexibility index (Phi) is 4.90. The fourth-order valence-corrected chi connectivity index (χ4v) is 3.42. The number of aromatic nitrogens is 3. The van der Waals surface area contributed by atoms with Crippen LogP contribution in [-0.4, -0.2) is 26.7 Å². The number of rotatable bonds is 3. The zero-order valence-electron chi connectivity index (χ0n) is 14.3. The number of nitrogens with one attached hydrogen (secondary N) is 1. The summed E-state index contributed by atoms with van der Waals surface area (Å²) in [6.45, 7) is 6.14. The maximum atomic E-state index is 12.6. The Hall–Kier alpha value is -1.88. The summed E-state index contributed by atoms with van der Waals surface area (Å²) in [6, 6.07) is 5.67. The average Bonchev–Trinajstić information content (AvgIpc) is 2.88. The maximum absolute atomic E-state index is 12.6. The SMILES string of the molecule is Cc1cc(C)n(-c2ccc(Cl)c(C(=O)NC3CCC(C)CC3)n2)n1. The summed E-state index contributed by atoms with van der Waals surface area (Å²) in [6.07, 6.45) is 4.33. The van der Waals surface area contributed by atoms with Crippen LogP contribution in [0.25, 0.3) is 5.82 Å². The van der Waals surface area contributed by atoms with Gasteiger partial charge >= 0.3 is 0 Å². The monoisotopic (exact) mass is 346 g/mol. The number of carbonyl (C=O) groups is 1. The highest BCUT2D eigenvalue weighted by Gasteiger charge is 2.22. The summed E-state index contributed by atoms with van der Waals surface area (Å²) in [5.74, 6) is 1.14. The van der Waals surface area contributed by atoms with Crippen molar-refractivity contribution in [3.05, 3.63) is 40.3 Å². The highest BCUT2D eigenvalue weighted by molar-refractivity contribution is 6.33. The van der Waals surface area contributed by atoms with E-state index in [1.54, 1.807) is 16.8 Å². The molecular formula is C18H23ClN4O. The van der Waals surface area contributed by atoms with Crippen molar-refractivity contribution in [2.75, 3.05) is 0 Å². The topological polar surface area (TPSA) is 59.8 Å². The average molecular weight is 347 g/mol. The zero-order chi connectivity index (χ0) is 17.3. The van der Waals surface area contributed by atoms with E-state index in [0.717, 1.165) is 43.0 Å². The van der Waals surface area contributed by atoms with E-state index in [0.29, 0.717) is 10.8 Å². The molecule has 2 aromatic rings. The molecule has 1 aliphatic carbocycles. The Morgan fingerprint density at radius 1 is 1.25 bits per heavy atom. The molecule has 5 nitrogen and oxygen atoms in total. The van der Waals surface area contributed by atoms with Gasteiger partial charge < -0.3 is 5.32 Å². The van der Waals surface area contributed by atoms with Gasteiger partial charge in [-0.05, 0) is 63.6 Å². The van der Waals surface area contributed by atoms with E-state index in [1.807, 2.05) is 19.9 Å². The van der Waals surface area contributed by atoms with Crippen molar-refractivity contribution >= 4 is 17.5 Å². The van der Waals surface area contributed by atoms with E-state index in [2.05, 4.69) is 22.3 Å². The second-order valence-electron chi connectivity index (χ2n) is 6.77. The van der Waals surface area contributed by atoms with E-state index < -0.39 is 0 Å². The minimum atomic E-state index is -0.206. The Labute approximate surface area is 147 Å². The first-order chi connectivity index (χ1) is 11.4. The minimum absolute atomic E-state index is 0.206. The van der Waals surface area contributed by atoms with Gasteiger partial charge in [-0.2, -0.15) is 5.10 Å². The molecule has 0 spiro atoms. The summed E-state index contributed by atoms with van der Waals surface area (Å²) in [5, 5.41) is 7.86. The lowest BCUT2D eigenvalue weighted by Gasteiger charge is -2.26. The highest BCUT2D eigenvalue weighted by Crippen LogP contribution is 2.24. The molecular weight excluding hydrogens is 324 g/mol. The molecule has 6 heteroatoms. The summed E-state index contributed by atoms with van der Waals surface area (Å²) in [4.78, 5) is 17.1. The van der Waals surface area contributed by atoms with Gasteiger partial charge in [0.05, 0.1) is 10.7 Å². The summed E-state index contributed by atoms with van der Waals surface area (Å²) >= 11 is 6.21.